The number of pyridine rings is 1. The summed E-state index contributed by atoms with van der Waals surface area (Å²) in [5, 5.41) is 12.9. The fourth-order valence-corrected chi connectivity index (χ4v) is 2.04. The van der Waals surface area contributed by atoms with E-state index in [-0.39, 0.29) is 5.56 Å². The molecule has 0 spiro atoms. The summed E-state index contributed by atoms with van der Waals surface area (Å²) in [5.74, 6) is -0.284. The van der Waals surface area contributed by atoms with Crippen LogP contribution in [0.5, 0.6) is 0 Å². The number of benzene rings is 1. The van der Waals surface area contributed by atoms with Crippen molar-refractivity contribution in [3.63, 3.8) is 0 Å². The van der Waals surface area contributed by atoms with Gasteiger partial charge in [-0.3, -0.25) is 0 Å². The first kappa shape index (κ1) is 13.0. The summed E-state index contributed by atoms with van der Waals surface area (Å²) < 4.78 is 0. The van der Waals surface area contributed by atoms with Gasteiger partial charge in [-0.1, -0.05) is 6.07 Å². The van der Waals surface area contributed by atoms with Gasteiger partial charge in [-0.2, -0.15) is 0 Å². The number of aromatic carboxylic acids is 1. The smallest absolute Gasteiger partial charge is 0.336 e. The molecule has 0 aliphatic rings. The highest BCUT2D eigenvalue weighted by atomic mass is 16.4. The van der Waals surface area contributed by atoms with Gasteiger partial charge in [0.05, 0.1) is 23.3 Å². The Morgan fingerprint density at radius 3 is 2.86 bits per heavy atom. The number of carboxylic acid groups (broad SMARTS) is 1. The predicted molar refractivity (Wildman–Crippen MR) is 78.1 cm³/mol. The second kappa shape index (κ2) is 5.54. The van der Waals surface area contributed by atoms with Crippen LogP contribution in [-0.4, -0.2) is 26.0 Å². The van der Waals surface area contributed by atoms with E-state index in [0.29, 0.717) is 23.3 Å². The number of carbonyl (C=O) groups is 1. The topological polar surface area (TPSA) is 88.0 Å². The normalized spacial score (nSPS) is 10.5. The zero-order chi connectivity index (χ0) is 14.7. The van der Waals surface area contributed by atoms with Crippen LogP contribution in [0.4, 0.5) is 5.82 Å². The van der Waals surface area contributed by atoms with Crippen LogP contribution in [0, 0.1) is 0 Å². The van der Waals surface area contributed by atoms with Crippen LogP contribution >= 0.6 is 0 Å². The molecule has 0 radical (unpaired) electrons. The third-order valence-electron chi connectivity index (χ3n) is 3.06. The van der Waals surface area contributed by atoms with Gasteiger partial charge in [0.2, 0.25) is 0 Å². The molecule has 2 N–H and O–H groups in total. The van der Waals surface area contributed by atoms with Crippen LogP contribution in [0.3, 0.4) is 0 Å². The van der Waals surface area contributed by atoms with E-state index in [4.69, 9.17) is 5.11 Å². The quantitative estimate of drug-likeness (QED) is 0.762. The number of aromatic nitrogens is 3. The van der Waals surface area contributed by atoms with Crippen molar-refractivity contribution in [1.82, 2.24) is 15.0 Å². The zero-order valence-corrected chi connectivity index (χ0v) is 11.0. The number of nitrogens with one attached hydrogen (secondary N) is 1. The number of rotatable bonds is 4. The van der Waals surface area contributed by atoms with Gasteiger partial charge in [-0.05, 0) is 30.3 Å². The number of hydrogen-bond donors (Lipinski definition) is 2. The van der Waals surface area contributed by atoms with E-state index >= 15 is 0 Å². The highest BCUT2D eigenvalue weighted by molar-refractivity contribution is 6.02. The van der Waals surface area contributed by atoms with Crippen molar-refractivity contribution in [1.29, 1.82) is 0 Å². The van der Waals surface area contributed by atoms with Crippen molar-refractivity contribution < 1.29 is 9.90 Å². The van der Waals surface area contributed by atoms with Gasteiger partial charge in [0, 0.05) is 11.6 Å². The van der Waals surface area contributed by atoms with Gasteiger partial charge in [0.15, 0.2) is 0 Å². The predicted octanol–water partition coefficient (Wildman–Crippen LogP) is 2.34. The Morgan fingerprint density at radius 2 is 2.10 bits per heavy atom. The van der Waals surface area contributed by atoms with E-state index in [9.17, 15) is 4.79 Å². The van der Waals surface area contributed by atoms with Crippen LogP contribution < -0.4 is 5.32 Å². The molecule has 0 saturated heterocycles. The Kier molecular flexibility index (Phi) is 3.42. The molecule has 21 heavy (non-hydrogen) atoms. The molecule has 0 amide bonds. The van der Waals surface area contributed by atoms with E-state index < -0.39 is 5.97 Å². The molecule has 2 aromatic heterocycles. The van der Waals surface area contributed by atoms with Crippen molar-refractivity contribution >= 4 is 22.7 Å². The standard InChI is InChI=1S/C15H12N4O2/c20-15(21)12-2-1-3-13-11(12)4-5-14(19-13)17-8-10-6-7-16-9-18-10/h1-7,9H,8H2,(H,17,19)(H,20,21). The lowest BCUT2D eigenvalue weighted by Gasteiger charge is -2.07. The van der Waals surface area contributed by atoms with Crippen LogP contribution in [0.15, 0.2) is 48.9 Å². The fraction of sp³-hybridized carbons (Fsp3) is 0.0667. The second-order valence-electron chi connectivity index (χ2n) is 4.43. The molecule has 6 nitrogen and oxygen atoms in total. The van der Waals surface area contributed by atoms with Gasteiger partial charge in [0.1, 0.15) is 12.1 Å². The van der Waals surface area contributed by atoms with Crippen molar-refractivity contribution in [2.24, 2.45) is 0 Å². The van der Waals surface area contributed by atoms with E-state index in [2.05, 4.69) is 20.3 Å². The molecule has 0 atom stereocenters. The fourth-order valence-electron chi connectivity index (χ4n) is 2.04. The van der Waals surface area contributed by atoms with Crippen molar-refractivity contribution in [3.8, 4) is 0 Å². The summed E-state index contributed by atoms with van der Waals surface area (Å²) in [4.78, 5) is 23.5. The van der Waals surface area contributed by atoms with E-state index in [1.54, 1.807) is 36.5 Å². The molecule has 3 aromatic rings. The third-order valence-corrected chi connectivity index (χ3v) is 3.06. The Balaban J connectivity index is 1.86. The first-order chi connectivity index (χ1) is 10.2. The molecule has 2 heterocycles. The number of nitrogens with zero attached hydrogens (tertiary/aromatic N) is 3. The van der Waals surface area contributed by atoms with E-state index in [0.717, 1.165) is 5.69 Å². The molecule has 1 aromatic carbocycles. The molecule has 3 rings (SSSR count). The molecular formula is C15H12N4O2. The van der Waals surface area contributed by atoms with Crippen LogP contribution in [0.2, 0.25) is 0 Å². The average molecular weight is 280 g/mol. The lowest BCUT2D eigenvalue weighted by molar-refractivity contribution is 0.0699. The first-order valence-electron chi connectivity index (χ1n) is 6.36. The van der Waals surface area contributed by atoms with Crippen molar-refractivity contribution in [2.75, 3.05) is 5.32 Å². The average Bonchev–Trinajstić information content (AvgIpc) is 2.53. The minimum absolute atomic E-state index is 0.252. The minimum atomic E-state index is -0.955. The highest BCUT2D eigenvalue weighted by Crippen LogP contribution is 2.19. The highest BCUT2D eigenvalue weighted by Gasteiger charge is 2.08. The lowest BCUT2D eigenvalue weighted by atomic mass is 10.1. The SMILES string of the molecule is O=C(O)c1cccc2nc(NCc3ccncn3)ccc12. The molecule has 0 unspecified atom stereocenters. The number of hydrogen-bond acceptors (Lipinski definition) is 5. The van der Waals surface area contributed by atoms with E-state index in [1.807, 2.05) is 6.07 Å². The largest absolute Gasteiger partial charge is 0.478 e. The Morgan fingerprint density at radius 1 is 1.19 bits per heavy atom. The first-order valence-corrected chi connectivity index (χ1v) is 6.36. The molecule has 104 valence electrons. The lowest BCUT2D eigenvalue weighted by Crippen LogP contribution is -2.04. The Bertz CT molecular complexity index is 790. The van der Waals surface area contributed by atoms with Crippen LogP contribution in [-0.2, 0) is 6.54 Å². The summed E-state index contributed by atoms with van der Waals surface area (Å²) in [6, 6.07) is 10.4. The van der Waals surface area contributed by atoms with Crippen LogP contribution in [0.25, 0.3) is 10.9 Å². The Labute approximate surface area is 120 Å². The molecule has 0 saturated carbocycles. The molecule has 0 fully saturated rings. The number of carboxylic acids is 1. The van der Waals surface area contributed by atoms with Crippen molar-refractivity contribution in [3.05, 3.63) is 60.2 Å². The molecule has 0 bridgehead atoms. The second-order valence-corrected chi connectivity index (χ2v) is 4.43. The summed E-state index contributed by atoms with van der Waals surface area (Å²) >= 11 is 0. The van der Waals surface area contributed by atoms with Gasteiger partial charge in [0.25, 0.3) is 0 Å². The molecule has 0 aliphatic carbocycles. The maximum Gasteiger partial charge on any atom is 0.336 e. The summed E-state index contributed by atoms with van der Waals surface area (Å²) in [7, 11) is 0. The van der Waals surface area contributed by atoms with Crippen LogP contribution in [0.1, 0.15) is 16.1 Å². The zero-order valence-electron chi connectivity index (χ0n) is 11.0. The summed E-state index contributed by atoms with van der Waals surface area (Å²) in [6.07, 6.45) is 3.17. The van der Waals surface area contributed by atoms with Gasteiger partial charge < -0.3 is 10.4 Å². The molecule has 6 heteroatoms. The maximum atomic E-state index is 11.2. The van der Waals surface area contributed by atoms with Crippen molar-refractivity contribution in [2.45, 2.75) is 6.54 Å². The van der Waals surface area contributed by atoms with Gasteiger partial charge in [-0.25, -0.2) is 19.7 Å². The maximum absolute atomic E-state index is 11.2. The summed E-state index contributed by atoms with van der Waals surface area (Å²) in [5.41, 5.74) is 1.75. The monoisotopic (exact) mass is 280 g/mol. The number of fused-ring (bicyclic) bond motifs is 1. The van der Waals surface area contributed by atoms with Gasteiger partial charge >= 0.3 is 5.97 Å². The van der Waals surface area contributed by atoms with E-state index in [1.165, 1.54) is 6.33 Å². The van der Waals surface area contributed by atoms with Gasteiger partial charge in [-0.15, -0.1) is 0 Å². The molecular weight excluding hydrogens is 268 g/mol. The number of anilines is 1. The Hall–Kier alpha value is -3.02. The summed E-state index contributed by atoms with van der Waals surface area (Å²) in [6.45, 7) is 0.527. The minimum Gasteiger partial charge on any atom is -0.478 e. The third kappa shape index (κ3) is 2.79. The molecule has 0 aliphatic heterocycles.